The Balaban J connectivity index is 1.63. The summed E-state index contributed by atoms with van der Waals surface area (Å²) in [6.07, 6.45) is 0. The third-order valence-electron chi connectivity index (χ3n) is 3.68. The highest BCUT2D eigenvalue weighted by molar-refractivity contribution is 6.53. The Morgan fingerprint density at radius 1 is 0.958 bits per heavy atom. The molecule has 7 heteroatoms. The molecule has 0 spiro atoms. The Bertz CT molecular complexity index is 879. The summed E-state index contributed by atoms with van der Waals surface area (Å²) in [5.41, 5.74) is 1.07. The van der Waals surface area contributed by atoms with Crippen molar-refractivity contribution in [1.82, 2.24) is 0 Å². The third-order valence-corrected chi connectivity index (χ3v) is 4.03. The molecule has 2 aliphatic rings. The van der Waals surface area contributed by atoms with Gasteiger partial charge in [-0.3, -0.25) is 9.59 Å². The van der Waals surface area contributed by atoms with E-state index in [9.17, 15) is 9.59 Å². The molecule has 24 heavy (non-hydrogen) atoms. The van der Waals surface area contributed by atoms with E-state index in [4.69, 9.17) is 21.1 Å². The summed E-state index contributed by atoms with van der Waals surface area (Å²) < 4.78 is 10.5. The molecule has 0 saturated carbocycles. The summed E-state index contributed by atoms with van der Waals surface area (Å²) in [6.45, 7) is 0.154. The molecule has 2 heterocycles. The molecule has 0 fully saturated rings. The Labute approximate surface area is 142 Å². The SMILES string of the molecule is O=C1C(Cl)=C(Nc2ccc3c(c2)OCO3)C(=O)N1c1ccccc1. The van der Waals surface area contributed by atoms with Crippen LogP contribution in [0, 0.1) is 0 Å². The highest BCUT2D eigenvalue weighted by Gasteiger charge is 2.38. The Morgan fingerprint density at radius 3 is 2.50 bits per heavy atom. The van der Waals surface area contributed by atoms with Crippen LogP contribution in [0.25, 0.3) is 0 Å². The zero-order valence-electron chi connectivity index (χ0n) is 12.3. The smallest absolute Gasteiger partial charge is 0.283 e. The number of hydrogen-bond acceptors (Lipinski definition) is 5. The number of hydrogen-bond donors (Lipinski definition) is 1. The Morgan fingerprint density at radius 2 is 1.71 bits per heavy atom. The minimum atomic E-state index is -0.559. The number of carbonyl (C=O) groups excluding carboxylic acids is 2. The van der Waals surface area contributed by atoms with Crippen LogP contribution < -0.4 is 19.7 Å². The van der Waals surface area contributed by atoms with E-state index < -0.39 is 11.8 Å². The van der Waals surface area contributed by atoms with Crippen LogP contribution in [-0.2, 0) is 9.59 Å². The second kappa shape index (κ2) is 5.58. The van der Waals surface area contributed by atoms with Gasteiger partial charge < -0.3 is 14.8 Å². The minimum absolute atomic E-state index is 0.0318. The summed E-state index contributed by atoms with van der Waals surface area (Å²) >= 11 is 6.08. The van der Waals surface area contributed by atoms with Crippen molar-refractivity contribution in [1.29, 1.82) is 0 Å². The average molecular weight is 343 g/mol. The second-order valence-electron chi connectivity index (χ2n) is 5.16. The lowest BCUT2D eigenvalue weighted by molar-refractivity contribution is -0.120. The van der Waals surface area contributed by atoms with Crippen molar-refractivity contribution >= 4 is 34.8 Å². The number of anilines is 2. The quantitative estimate of drug-likeness (QED) is 0.869. The van der Waals surface area contributed by atoms with Crippen LogP contribution in [0.4, 0.5) is 11.4 Å². The number of nitrogens with zero attached hydrogens (tertiary/aromatic N) is 1. The first kappa shape index (κ1) is 14.6. The Hall–Kier alpha value is -2.99. The summed E-state index contributed by atoms with van der Waals surface area (Å²) in [5.74, 6) is 0.124. The number of carbonyl (C=O) groups is 2. The van der Waals surface area contributed by atoms with Gasteiger partial charge in [0.15, 0.2) is 11.5 Å². The second-order valence-corrected chi connectivity index (χ2v) is 5.54. The number of amides is 2. The molecule has 2 aromatic rings. The number of ether oxygens (including phenoxy) is 2. The maximum absolute atomic E-state index is 12.6. The summed E-state index contributed by atoms with van der Waals surface area (Å²) in [6, 6.07) is 13.7. The van der Waals surface area contributed by atoms with Crippen molar-refractivity contribution in [3.63, 3.8) is 0 Å². The molecule has 1 N–H and O–H groups in total. The maximum atomic E-state index is 12.6. The van der Waals surface area contributed by atoms with E-state index in [1.807, 2.05) is 0 Å². The zero-order chi connectivity index (χ0) is 16.7. The van der Waals surface area contributed by atoms with Gasteiger partial charge in [-0.1, -0.05) is 29.8 Å². The average Bonchev–Trinajstić information content (AvgIpc) is 3.14. The largest absolute Gasteiger partial charge is 0.454 e. The van der Waals surface area contributed by atoms with Gasteiger partial charge >= 0.3 is 0 Å². The molecule has 0 radical (unpaired) electrons. The molecule has 0 aromatic heterocycles. The normalized spacial score (nSPS) is 16.1. The van der Waals surface area contributed by atoms with Crippen LogP contribution in [0.3, 0.4) is 0 Å². The zero-order valence-corrected chi connectivity index (χ0v) is 13.0. The van der Waals surface area contributed by atoms with E-state index >= 15 is 0 Å². The van der Waals surface area contributed by atoms with Crippen LogP contribution in [0.5, 0.6) is 11.5 Å². The van der Waals surface area contributed by atoms with E-state index in [1.54, 1.807) is 48.5 Å². The molecular weight excluding hydrogens is 332 g/mol. The van der Waals surface area contributed by atoms with Gasteiger partial charge in [0.2, 0.25) is 6.79 Å². The summed E-state index contributed by atoms with van der Waals surface area (Å²) in [5, 5.41) is 2.75. The lowest BCUT2D eigenvalue weighted by Gasteiger charge is -2.14. The standard InChI is InChI=1S/C17H11ClN2O4/c18-14-15(19-10-6-7-12-13(8-10)24-9-23-12)17(22)20(16(14)21)11-4-2-1-3-5-11/h1-8,19H,9H2. The first-order valence-electron chi connectivity index (χ1n) is 7.15. The predicted octanol–water partition coefficient (Wildman–Crippen LogP) is 2.85. The molecule has 2 aromatic carbocycles. The first-order valence-corrected chi connectivity index (χ1v) is 7.53. The molecule has 2 aliphatic heterocycles. The summed E-state index contributed by atoms with van der Waals surface area (Å²) in [7, 11) is 0. The number of benzene rings is 2. The monoisotopic (exact) mass is 342 g/mol. The van der Waals surface area contributed by atoms with Gasteiger partial charge in [-0.2, -0.15) is 0 Å². The van der Waals surface area contributed by atoms with E-state index in [2.05, 4.69) is 5.32 Å². The lowest BCUT2D eigenvalue weighted by atomic mass is 10.2. The van der Waals surface area contributed by atoms with Crippen molar-refractivity contribution in [2.24, 2.45) is 0 Å². The molecule has 6 nitrogen and oxygen atoms in total. The number of imide groups is 1. The number of halogens is 1. The van der Waals surface area contributed by atoms with Crippen LogP contribution in [0.15, 0.2) is 59.3 Å². The highest BCUT2D eigenvalue weighted by Crippen LogP contribution is 2.36. The first-order chi connectivity index (χ1) is 11.6. The molecule has 120 valence electrons. The van der Waals surface area contributed by atoms with E-state index in [1.165, 1.54) is 0 Å². The van der Waals surface area contributed by atoms with E-state index in [0.29, 0.717) is 22.9 Å². The molecule has 0 atom stereocenters. The van der Waals surface area contributed by atoms with Crippen molar-refractivity contribution < 1.29 is 19.1 Å². The van der Waals surface area contributed by atoms with E-state index in [-0.39, 0.29) is 17.5 Å². The van der Waals surface area contributed by atoms with Crippen molar-refractivity contribution in [2.45, 2.75) is 0 Å². The summed E-state index contributed by atoms with van der Waals surface area (Å²) in [4.78, 5) is 26.0. The van der Waals surface area contributed by atoms with Gasteiger partial charge in [0, 0.05) is 11.8 Å². The lowest BCUT2D eigenvalue weighted by Crippen LogP contribution is -2.32. The van der Waals surface area contributed by atoms with Crippen molar-refractivity contribution in [3.8, 4) is 11.5 Å². The molecule has 4 rings (SSSR count). The van der Waals surface area contributed by atoms with Crippen molar-refractivity contribution in [2.75, 3.05) is 17.0 Å². The number of fused-ring (bicyclic) bond motifs is 1. The Kier molecular flexibility index (Phi) is 3.39. The molecule has 2 amide bonds. The van der Waals surface area contributed by atoms with Crippen LogP contribution >= 0.6 is 11.6 Å². The molecule has 0 aliphatic carbocycles. The fraction of sp³-hybridized carbons (Fsp3) is 0.0588. The fourth-order valence-corrected chi connectivity index (χ4v) is 2.75. The number of para-hydroxylation sites is 1. The van der Waals surface area contributed by atoms with Crippen LogP contribution in [-0.4, -0.2) is 18.6 Å². The molecular formula is C17H11ClN2O4. The topological polar surface area (TPSA) is 67.9 Å². The predicted molar refractivity (Wildman–Crippen MR) is 88.0 cm³/mol. The van der Waals surface area contributed by atoms with Crippen molar-refractivity contribution in [3.05, 3.63) is 59.3 Å². The van der Waals surface area contributed by atoms with Gasteiger partial charge in [0.05, 0.1) is 5.69 Å². The maximum Gasteiger partial charge on any atom is 0.283 e. The van der Waals surface area contributed by atoms with Gasteiger partial charge in [0.1, 0.15) is 10.7 Å². The molecule has 0 saturated heterocycles. The molecule has 0 unspecified atom stereocenters. The van der Waals surface area contributed by atoms with Crippen LogP contribution in [0.1, 0.15) is 0 Å². The number of rotatable bonds is 3. The highest BCUT2D eigenvalue weighted by atomic mass is 35.5. The van der Waals surface area contributed by atoms with Gasteiger partial charge in [-0.15, -0.1) is 0 Å². The van der Waals surface area contributed by atoms with E-state index in [0.717, 1.165) is 4.90 Å². The third kappa shape index (κ3) is 2.28. The minimum Gasteiger partial charge on any atom is -0.454 e. The number of nitrogens with one attached hydrogen (secondary N) is 1. The molecule has 0 bridgehead atoms. The fourth-order valence-electron chi connectivity index (χ4n) is 2.54. The van der Waals surface area contributed by atoms with Gasteiger partial charge in [0.25, 0.3) is 11.8 Å². The van der Waals surface area contributed by atoms with Gasteiger partial charge in [-0.05, 0) is 24.3 Å². The van der Waals surface area contributed by atoms with Crippen LogP contribution in [0.2, 0.25) is 0 Å². The van der Waals surface area contributed by atoms with Gasteiger partial charge in [-0.25, -0.2) is 4.90 Å².